The molecule has 0 spiro atoms. The minimum Gasteiger partial charge on any atom is -0.486 e. The predicted octanol–water partition coefficient (Wildman–Crippen LogP) is 4.23. The second-order valence-corrected chi connectivity index (χ2v) is 4.61. The first-order chi connectivity index (χ1) is 9.81. The lowest BCUT2D eigenvalue weighted by molar-refractivity contribution is 0.249. The van der Waals surface area contributed by atoms with Crippen LogP contribution in [0.2, 0.25) is 0 Å². The minimum absolute atomic E-state index is 0.394. The van der Waals surface area contributed by atoms with Crippen molar-refractivity contribution in [2.45, 2.75) is 13.5 Å². The molecule has 0 atom stereocenters. The molecule has 0 aliphatic rings. The molecule has 3 rings (SSSR count). The highest BCUT2D eigenvalue weighted by atomic mass is 16.5. The maximum Gasteiger partial charge on any atom is 0.174 e. The Morgan fingerprint density at radius 1 is 0.950 bits per heavy atom. The van der Waals surface area contributed by atoms with E-state index in [1.54, 1.807) is 0 Å². The predicted molar refractivity (Wildman–Crippen MR) is 77.5 cm³/mol. The summed E-state index contributed by atoms with van der Waals surface area (Å²) < 4.78 is 10.8. The summed E-state index contributed by atoms with van der Waals surface area (Å²) in [5.41, 5.74) is 3.24. The van der Waals surface area contributed by atoms with E-state index < -0.39 is 0 Å². The van der Waals surface area contributed by atoms with Gasteiger partial charge in [-0.2, -0.15) is 0 Å². The summed E-state index contributed by atoms with van der Waals surface area (Å²) in [5.74, 6) is 1.55. The summed E-state index contributed by atoms with van der Waals surface area (Å²) in [6.07, 6.45) is 0. The number of nitrogens with zero attached hydrogens (tertiary/aromatic N) is 1. The van der Waals surface area contributed by atoms with Crippen molar-refractivity contribution in [1.82, 2.24) is 5.16 Å². The Bertz CT molecular complexity index is 672. The molecule has 0 N–H and O–H groups in total. The summed E-state index contributed by atoms with van der Waals surface area (Å²) in [4.78, 5) is 0. The molecule has 100 valence electrons. The van der Waals surface area contributed by atoms with Gasteiger partial charge in [-0.1, -0.05) is 47.6 Å². The van der Waals surface area contributed by atoms with Crippen LogP contribution in [0.1, 0.15) is 11.5 Å². The molecule has 1 heterocycles. The Labute approximate surface area is 117 Å². The standard InChI is InChI=1S/C17H15NO2/c1-13-11-17(20-18-13)12-19-16-9-7-15(8-10-16)14-5-3-2-4-6-14/h2-11H,12H2,1H3. The van der Waals surface area contributed by atoms with E-state index in [0.717, 1.165) is 17.2 Å². The van der Waals surface area contributed by atoms with E-state index in [1.807, 2.05) is 43.3 Å². The zero-order valence-electron chi connectivity index (χ0n) is 11.2. The van der Waals surface area contributed by atoms with Crippen LogP contribution in [-0.4, -0.2) is 5.16 Å². The van der Waals surface area contributed by atoms with Crippen molar-refractivity contribution >= 4 is 0 Å². The SMILES string of the molecule is Cc1cc(COc2ccc(-c3ccccc3)cc2)on1. The normalized spacial score (nSPS) is 10.4. The molecule has 3 nitrogen and oxygen atoms in total. The van der Waals surface area contributed by atoms with E-state index in [-0.39, 0.29) is 0 Å². The van der Waals surface area contributed by atoms with Crippen molar-refractivity contribution < 1.29 is 9.26 Å². The van der Waals surface area contributed by atoms with Crippen molar-refractivity contribution in [3.8, 4) is 16.9 Å². The van der Waals surface area contributed by atoms with Gasteiger partial charge in [0, 0.05) is 6.07 Å². The van der Waals surface area contributed by atoms with Crippen LogP contribution < -0.4 is 4.74 Å². The van der Waals surface area contributed by atoms with Crippen LogP contribution in [0, 0.1) is 6.92 Å². The van der Waals surface area contributed by atoms with Crippen molar-refractivity contribution in [1.29, 1.82) is 0 Å². The van der Waals surface area contributed by atoms with Gasteiger partial charge in [-0.3, -0.25) is 0 Å². The van der Waals surface area contributed by atoms with Gasteiger partial charge in [0.15, 0.2) is 5.76 Å². The van der Waals surface area contributed by atoms with E-state index >= 15 is 0 Å². The molecule has 0 radical (unpaired) electrons. The Morgan fingerprint density at radius 2 is 1.65 bits per heavy atom. The molecule has 20 heavy (non-hydrogen) atoms. The third-order valence-corrected chi connectivity index (χ3v) is 3.02. The Kier molecular flexibility index (Phi) is 3.50. The van der Waals surface area contributed by atoms with E-state index in [0.29, 0.717) is 6.61 Å². The van der Waals surface area contributed by atoms with Crippen molar-refractivity contribution in [3.05, 3.63) is 72.1 Å². The number of benzene rings is 2. The first kappa shape index (κ1) is 12.5. The van der Waals surface area contributed by atoms with Crippen LogP contribution in [0.3, 0.4) is 0 Å². The molecule has 0 bridgehead atoms. The van der Waals surface area contributed by atoms with Crippen molar-refractivity contribution in [2.75, 3.05) is 0 Å². The van der Waals surface area contributed by atoms with Gasteiger partial charge in [-0.15, -0.1) is 0 Å². The van der Waals surface area contributed by atoms with Gasteiger partial charge in [-0.25, -0.2) is 0 Å². The second-order valence-electron chi connectivity index (χ2n) is 4.61. The smallest absolute Gasteiger partial charge is 0.174 e. The van der Waals surface area contributed by atoms with E-state index in [1.165, 1.54) is 11.1 Å². The molecule has 0 unspecified atom stereocenters. The lowest BCUT2D eigenvalue weighted by Gasteiger charge is -2.05. The molecule has 0 saturated carbocycles. The van der Waals surface area contributed by atoms with E-state index in [9.17, 15) is 0 Å². The Balaban J connectivity index is 1.67. The summed E-state index contributed by atoms with van der Waals surface area (Å²) in [7, 11) is 0. The number of rotatable bonds is 4. The van der Waals surface area contributed by atoms with Gasteiger partial charge >= 0.3 is 0 Å². The first-order valence-corrected chi connectivity index (χ1v) is 6.52. The zero-order valence-corrected chi connectivity index (χ0v) is 11.2. The summed E-state index contributed by atoms with van der Waals surface area (Å²) >= 11 is 0. The molecule has 0 aliphatic carbocycles. The molecule has 1 aromatic heterocycles. The molecule has 2 aromatic carbocycles. The second kappa shape index (κ2) is 5.61. The summed E-state index contributed by atoms with van der Waals surface area (Å²) in [5, 5.41) is 3.83. The van der Waals surface area contributed by atoms with Gasteiger partial charge in [0.2, 0.25) is 0 Å². The minimum atomic E-state index is 0.394. The lowest BCUT2D eigenvalue weighted by Crippen LogP contribution is -1.93. The quantitative estimate of drug-likeness (QED) is 0.708. The van der Waals surface area contributed by atoms with Crippen LogP contribution in [0.25, 0.3) is 11.1 Å². The topological polar surface area (TPSA) is 35.3 Å². The van der Waals surface area contributed by atoms with Gasteiger partial charge < -0.3 is 9.26 Å². The third kappa shape index (κ3) is 2.88. The monoisotopic (exact) mass is 265 g/mol. The van der Waals surface area contributed by atoms with Crippen molar-refractivity contribution in [2.24, 2.45) is 0 Å². The van der Waals surface area contributed by atoms with Gasteiger partial charge in [0.1, 0.15) is 12.4 Å². The molecule has 0 fully saturated rings. The number of hydrogen-bond donors (Lipinski definition) is 0. The van der Waals surface area contributed by atoms with Gasteiger partial charge in [0.25, 0.3) is 0 Å². The molecule has 0 saturated heterocycles. The average molecular weight is 265 g/mol. The molecular weight excluding hydrogens is 250 g/mol. The average Bonchev–Trinajstić information content (AvgIpc) is 2.92. The van der Waals surface area contributed by atoms with Crippen LogP contribution >= 0.6 is 0 Å². The molecular formula is C17H15NO2. The fraction of sp³-hybridized carbons (Fsp3) is 0.118. The zero-order chi connectivity index (χ0) is 13.8. The van der Waals surface area contributed by atoms with Crippen LogP contribution in [0.15, 0.2) is 65.2 Å². The summed E-state index contributed by atoms with van der Waals surface area (Å²) in [6.45, 7) is 2.28. The summed E-state index contributed by atoms with van der Waals surface area (Å²) in [6, 6.07) is 20.2. The van der Waals surface area contributed by atoms with Crippen molar-refractivity contribution in [3.63, 3.8) is 0 Å². The molecule has 3 heteroatoms. The molecule has 0 aliphatic heterocycles. The highest BCUT2D eigenvalue weighted by molar-refractivity contribution is 5.63. The van der Waals surface area contributed by atoms with Crippen LogP contribution in [0.4, 0.5) is 0 Å². The molecule has 3 aromatic rings. The van der Waals surface area contributed by atoms with E-state index in [2.05, 4.69) is 29.4 Å². The Morgan fingerprint density at radius 3 is 2.30 bits per heavy atom. The van der Waals surface area contributed by atoms with Gasteiger partial charge in [0.05, 0.1) is 5.69 Å². The van der Waals surface area contributed by atoms with Crippen LogP contribution in [0.5, 0.6) is 5.75 Å². The fourth-order valence-electron chi connectivity index (χ4n) is 2.01. The number of aromatic nitrogens is 1. The molecule has 0 amide bonds. The van der Waals surface area contributed by atoms with E-state index in [4.69, 9.17) is 9.26 Å². The number of aryl methyl sites for hydroxylation is 1. The van der Waals surface area contributed by atoms with Crippen LogP contribution in [-0.2, 0) is 6.61 Å². The Hall–Kier alpha value is -2.55. The fourth-order valence-corrected chi connectivity index (χ4v) is 2.01. The number of ether oxygens (including phenoxy) is 1. The maximum absolute atomic E-state index is 5.66. The highest BCUT2D eigenvalue weighted by Crippen LogP contribution is 2.22. The first-order valence-electron chi connectivity index (χ1n) is 6.52. The number of hydrogen-bond acceptors (Lipinski definition) is 3. The van der Waals surface area contributed by atoms with Gasteiger partial charge in [-0.05, 0) is 30.2 Å². The lowest BCUT2D eigenvalue weighted by atomic mass is 10.1. The highest BCUT2D eigenvalue weighted by Gasteiger charge is 2.02. The largest absolute Gasteiger partial charge is 0.486 e. The third-order valence-electron chi connectivity index (χ3n) is 3.02. The maximum atomic E-state index is 5.66.